The second-order valence-corrected chi connectivity index (χ2v) is 6.12. The van der Waals surface area contributed by atoms with E-state index in [0.29, 0.717) is 12.3 Å². The van der Waals surface area contributed by atoms with Crippen molar-refractivity contribution in [1.29, 1.82) is 0 Å². The van der Waals surface area contributed by atoms with E-state index in [-0.39, 0.29) is 24.8 Å². The van der Waals surface area contributed by atoms with Crippen LogP contribution < -0.4 is 5.73 Å². The van der Waals surface area contributed by atoms with Gasteiger partial charge in [0.05, 0.1) is 5.92 Å². The summed E-state index contributed by atoms with van der Waals surface area (Å²) in [7, 11) is 0. The monoisotopic (exact) mass is 279 g/mol. The maximum absolute atomic E-state index is 12.8. The molecule has 2 fully saturated rings. The van der Waals surface area contributed by atoms with Crippen molar-refractivity contribution >= 4 is 0 Å². The predicted octanol–water partition coefficient (Wildman–Crippen LogP) is 3.50. The molecule has 1 aliphatic carbocycles. The molecule has 0 bridgehead atoms. The highest BCUT2D eigenvalue weighted by Crippen LogP contribution is 2.41. The van der Waals surface area contributed by atoms with Crippen LogP contribution in [0.1, 0.15) is 44.9 Å². The van der Waals surface area contributed by atoms with E-state index in [4.69, 9.17) is 10.5 Å². The normalized spacial score (nSPS) is 32.2. The fourth-order valence-electron chi connectivity index (χ4n) is 3.47. The van der Waals surface area contributed by atoms with Crippen molar-refractivity contribution in [3.63, 3.8) is 0 Å². The molecule has 1 aliphatic heterocycles. The van der Waals surface area contributed by atoms with Gasteiger partial charge in [-0.25, -0.2) is 0 Å². The van der Waals surface area contributed by atoms with E-state index in [9.17, 15) is 13.2 Å². The van der Waals surface area contributed by atoms with Crippen molar-refractivity contribution in [2.45, 2.75) is 57.2 Å². The Hall–Kier alpha value is -0.290. The molecule has 19 heavy (non-hydrogen) atoms. The van der Waals surface area contributed by atoms with Gasteiger partial charge in [-0.2, -0.15) is 13.2 Å². The Balaban J connectivity index is 1.82. The molecule has 0 amide bonds. The van der Waals surface area contributed by atoms with Crippen LogP contribution in [-0.2, 0) is 4.74 Å². The summed E-state index contributed by atoms with van der Waals surface area (Å²) in [6.07, 6.45) is 0.854. The van der Waals surface area contributed by atoms with Gasteiger partial charge in [-0.3, -0.25) is 0 Å². The van der Waals surface area contributed by atoms with Crippen LogP contribution in [0.4, 0.5) is 13.2 Å². The lowest BCUT2D eigenvalue weighted by molar-refractivity contribution is -0.186. The van der Waals surface area contributed by atoms with E-state index in [0.717, 1.165) is 38.9 Å². The van der Waals surface area contributed by atoms with Crippen LogP contribution in [0.3, 0.4) is 0 Å². The average Bonchev–Trinajstić information content (AvgIpc) is 2.39. The number of alkyl halides is 3. The van der Waals surface area contributed by atoms with E-state index in [1.54, 1.807) is 0 Å². The molecule has 0 spiro atoms. The van der Waals surface area contributed by atoms with Gasteiger partial charge in [0.25, 0.3) is 0 Å². The van der Waals surface area contributed by atoms with Crippen LogP contribution in [0.5, 0.6) is 0 Å². The lowest BCUT2D eigenvalue weighted by atomic mass is 9.75. The summed E-state index contributed by atoms with van der Waals surface area (Å²) in [5.74, 6) is -0.551. The lowest BCUT2D eigenvalue weighted by Crippen LogP contribution is -2.39. The second kappa shape index (κ2) is 6.44. The highest BCUT2D eigenvalue weighted by Gasteiger charge is 2.43. The minimum atomic E-state index is -4.04. The zero-order valence-corrected chi connectivity index (χ0v) is 11.3. The summed E-state index contributed by atoms with van der Waals surface area (Å²) in [5.41, 5.74) is 6.18. The summed E-state index contributed by atoms with van der Waals surface area (Å²) in [6.45, 7) is 1.54. The van der Waals surface area contributed by atoms with Crippen LogP contribution in [0.15, 0.2) is 0 Å². The number of hydrogen-bond donors (Lipinski definition) is 1. The van der Waals surface area contributed by atoms with Gasteiger partial charge >= 0.3 is 6.18 Å². The third-order valence-electron chi connectivity index (χ3n) is 4.73. The molecule has 0 aromatic rings. The van der Waals surface area contributed by atoms with Crippen LogP contribution in [0, 0.1) is 17.8 Å². The van der Waals surface area contributed by atoms with Gasteiger partial charge < -0.3 is 10.5 Å². The van der Waals surface area contributed by atoms with Crippen LogP contribution in [0.25, 0.3) is 0 Å². The van der Waals surface area contributed by atoms with E-state index < -0.39 is 12.1 Å². The highest BCUT2D eigenvalue weighted by atomic mass is 19.4. The lowest BCUT2D eigenvalue weighted by Gasteiger charge is -2.35. The molecular weight excluding hydrogens is 255 g/mol. The van der Waals surface area contributed by atoms with Gasteiger partial charge in [-0.15, -0.1) is 0 Å². The Morgan fingerprint density at radius 1 is 1.11 bits per heavy atom. The van der Waals surface area contributed by atoms with E-state index >= 15 is 0 Å². The number of halogens is 3. The average molecular weight is 279 g/mol. The minimum Gasteiger partial charge on any atom is -0.381 e. The smallest absolute Gasteiger partial charge is 0.381 e. The van der Waals surface area contributed by atoms with Crippen LogP contribution in [0.2, 0.25) is 0 Å². The topological polar surface area (TPSA) is 35.2 Å². The maximum Gasteiger partial charge on any atom is 0.391 e. The number of nitrogens with two attached hydrogens (primary N) is 1. The van der Waals surface area contributed by atoms with Gasteiger partial charge in [0.2, 0.25) is 0 Å². The quantitative estimate of drug-likeness (QED) is 0.858. The van der Waals surface area contributed by atoms with Gasteiger partial charge in [0.1, 0.15) is 0 Å². The zero-order chi connectivity index (χ0) is 13.9. The molecule has 0 aromatic heterocycles. The van der Waals surface area contributed by atoms with Crippen LogP contribution >= 0.6 is 0 Å². The van der Waals surface area contributed by atoms with Gasteiger partial charge in [0, 0.05) is 19.3 Å². The SMILES string of the molecule is NC(CC1CCOCC1)C1CCCC(C(F)(F)F)C1. The van der Waals surface area contributed by atoms with E-state index in [1.165, 1.54) is 0 Å². The Labute approximate surface area is 112 Å². The molecular formula is C14H24F3NO. The molecule has 2 N–H and O–H groups in total. The number of ether oxygens (including phenoxy) is 1. The van der Waals surface area contributed by atoms with Crippen LogP contribution in [-0.4, -0.2) is 25.4 Å². The second-order valence-electron chi connectivity index (χ2n) is 6.12. The van der Waals surface area contributed by atoms with E-state index in [2.05, 4.69) is 0 Å². The minimum absolute atomic E-state index is 0.0446. The van der Waals surface area contributed by atoms with Crippen molar-refractivity contribution in [2.75, 3.05) is 13.2 Å². The molecule has 3 unspecified atom stereocenters. The first-order valence-corrected chi connectivity index (χ1v) is 7.37. The molecule has 3 atom stereocenters. The van der Waals surface area contributed by atoms with Crippen molar-refractivity contribution in [2.24, 2.45) is 23.5 Å². The first kappa shape index (κ1) is 15.1. The summed E-state index contributed by atoms with van der Waals surface area (Å²) < 4.78 is 43.6. The maximum atomic E-state index is 12.8. The summed E-state index contributed by atoms with van der Waals surface area (Å²) in [6, 6.07) is -0.0757. The Morgan fingerprint density at radius 2 is 1.79 bits per heavy atom. The number of hydrogen-bond acceptors (Lipinski definition) is 2. The Bertz CT molecular complexity index is 276. The molecule has 5 heteroatoms. The van der Waals surface area contributed by atoms with Crippen molar-refractivity contribution in [1.82, 2.24) is 0 Å². The molecule has 1 saturated carbocycles. The first-order valence-electron chi connectivity index (χ1n) is 7.37. The molecule has 0 radical (unpaired) electrons. The molecule has 112 valence electrons. The molecule has 1 saturated heterocycles. The van der Waals surface area contributed by atoms with Gasteiger partial charge in [-0.05, 0) is 50.4 Å². The summed E-state index contributed by atoms with van der Waals surface area (Å²) >= 11 is 0. The molecule has 2 aliphatic rings. The van der Waals surface area contributed by atoms with Crippen molar-refractivity contribution < 1.29 is 17.9 Å². The fraction of sp³-hybridized carbons (Fsp3) is 1.00. The van der Waals surface area contributed by atoms with Gasteiger partial charge in [-0.1, -0.05) is 6.42 Å². The predicted molar refractivity (Wildman–Crippen MR) is 67.6 cm³/mol. The fourth-order valence-corrected chi connectivity index (χ4v) is 3.47. The highest BCUT2D eigenvalue weighted by molar-refractivity contribution is 4.85. The third-order valence-corrected chi connectivity index (χ3v) is 4.73. The first-order chi connectivity index (χ1) is 8.97. The van der Waals surface area contributed by atoms with Gasteiger partial charge in [0.15, 0.2) is 0 Å². The largest absolute Gasteiger partial charge is 0.391 e. The Kier molecular flexibility index (Phi) is 5.12. The van der Waals surface area contributed by atoms with Crippen molar-refractivity contribution in [3.05, 3.63) is 0 Å². The molecule has 1 heterocycles. The zero-order valence-electron chi connectivity index (χ0n) is 11.3. The Morgan fingerprint density at radius 3 is 2.42 bits per heavy atom. The standard InChI is InChI=1S/C14H24F3NO/c15-14(16,17)12-3-1-2-11(9-12)13(18)8-10-4-6-19-7-5-10/h10-13H,1-9,18H2. The van der Waals surface area contributed by atoms with E-state index in [1.807, 2.05) is 0 Å². The molecule has 0 aromatic carbocycles. The summed E-state index contributed by atoms with van der Waals surface area (Å²) in [4.78, 5) is 0. The summed E-state index contributed by atoms with van der Waals surface area (Å²) in [5, 5.41) is 0. The number of rotatable bonds is 3. The van der Waals surface area contributed by atoms with Crippen molar-refractivity contribution in [3.8, 4) is 0 Å². The molecule has 2 rings (SSSR count). The third kappa shape index (κ3) is 4.35. The molecule has 2 nitrogen and oxygen atoms in total.